The fourth-order valence-corrected chi connectivity index (χ4v) is 1.61. The molecule has 0 bridgehead atoms. The summed E-state index contributed by atoms with van der Waals surface area (Å²) in [6.07, 6.45) is -3.16. The fraction of sp³-hybridized carbons (Fsp3) is 0.417. The van der Waals surface area contributed by atoms with E-state index in [9.17, 15) is 13.2 Å². The predicted octanol–water partition coefficient (Wildman–Crippen LogP) is 3.13. The van der Waals surface area contributed by atoms with Gasteiger partial charge in [-0.1, -0.05) is 0 Å². The zero-order valence-electron chi connectivity index (χ0n) is 9.79. The Kier molecular flexibility index (Phi) is 3.30. The number of aromatic nitrogens is 1. The lowest BCUT2D eigenvalue weighted by atomic mass is 10.2. The number of oxazole rings is 1. The van der Waals surface area contributed by atoms with E-state index in [0.29, 0.717) is 24.3 Å². The van der Waals surface area contributed by atoms with Crippen molar-refractivity contribution in [1.82, 2.24) is 4.98 Å². The van der Waals surface area contributed by atoms with Crippen LogP contribution in [0, 0.1) is 0 Å². The van der Waals surface area contributed by atoms with E-state index in [1.165, 1.54) is 6.07 Å². The third-order valence-electron chi connectivity index (χ3n) is 2.57. The molecule has 1 unspecified atom stereocenters. The molecule has 2 aromatic rings. The molecule has 0 aliphatic carbocycles. The number of benzene rings is 1. The second-order valence-corrected chi connectivity index (χ2v) is 4.30. The molecule has 98 valence electrons. The van der Waals surface area contributed by atoms with Gasteiger partial charge in [-0.15, -0.1) is 0 Å². The Morgan fingerprint density at radius 1 is 1.39 bits per heavy atom. The van der Waals surface area contributed by atoms with Crippen LogP contribution in [0.4, 0.5) is 13.2 Å². The lowest BCUT2D eigenvalue weighted by molar-refractivity contribution is -0.137. The Morgan fingerprint density at radius 2 is 2.11 bits per heavy atom. The molecule has 6 heteroatoms. The van der Waals surface area contributed by atoms with E-state index in [1.807, 2.05) is 6.92 Å². The van der Waals surface area contributed by atoms with Crippen molar-refractivity contribution in [1.29, 1.82) is 0 Å². The number of fused-ring (bicyclic) bond motifs is 1. The van der Waals surface area contributed by atoms with Crippen molar-refractivity contribution in [2.45, 2.75) is 32.0 Å². The van der Waals surface area contributed by atoms with Gasteiger partial charge in [-0.2, -0.15) is 13.2 Å². The Hall–Kier alpha value is -1.56. The molecule has 2 N–H and O–H groups in total. The van der Waals surface area contributed by atoms with Crippen LogP contribution in [-0.2, 0) is 12.6 Å². The number of halogens is 3. The van der Waals surface area contributed by atoms with Crippen molar-refractivity contribution >= 4 is 11.1 Å². The Balaban J connectivity index is 2.28. The third-order valence-corrected chi connectivity index (χ3v) is 2.57. The predicted molar refractivity (Wildman–Crippen MR) is 61.0 cm³/mol. The smallest absolute Gasteiger partial charge is 0.416 e. The van der Waals surface area contributed by atoms with Gasteiger partial charge >= 0.3 is 6.18 Å². The third kappa shape index (κ3) is 2.81. The SMILES string of the molecule is CC(N)CCc1nc2cc(C(F)(F)F)ccc2o1. The van der Waals surface area contributed by atoms with Crippen LogP contribution in [0.15, 0.2) is 22.6 Å². The average molecular weight is 258 g/mol. The minimum absolute atomic E-state index is 0.00532. The molecule has 1 aromatic carbocycles. The van der Waals surface area contributed by atoms with E-state index in [0.717, 1.165) is 12.1 Å². The molecule has 18 heavy (non-hydrogen) atoms. The molecule has 0 spiro atoms. The highest BCUT2D eigenvalue weighted by Crippen LogP contribution is 2.31. The molecule has 0 fully saturated rings. The number of nitrogens with two attached hydrogens (primary N) is 1. The van der Waals surface area contributed by atoms with Crippen molar-refractivity contribution < 1.29 is 17.6 Å². The van der Waals surface area contributed by atoms with Gasteiger partial charge in [0.15, 0.2) is 11.5 Å². The molecule has 1 heterocycles. The van der Waals surface area contributed by atoms with E-state index in [2.05, 4.69) is 4.98 Å². The summed E-state index contributed by atoms with van der Waals surface area (Å²) >= 11 is 0. The molecule has 0 aliphatic heterocycles. The highest BCUT2D eigenvalue weighted by Gasteiger charge is 2.30. The van der Waals surface area contributed by atoms with Gasteiger partial charge in [-0.3, -0.25) is 0 Å². The first kappa shape index (κ1) is 12.9. The van der Waals surface area contributed by atoms with E-state index >= 15 is 0 Å². The highest BCUT2D eigenvalue weighted by molar-refractivity contribution is 5.73. The number of hydrogen-bond acceptors (Lipinski definition) is 3. The summed E-state index contributed by atoms with van der Waals surface area (Å²) in [6, 6.07) is 3.28. The maximum Gasteiger partial charge on any atom is 0.416 e. The van der Waals surface area contributed by atoms with Crippen LogP contribution in [0.5, 0.6) is 0 Å². The van der Waals surface area contributed by atoms with Crippen LogP contribution in [0.1, 0.15) is 24.8 Å². The normalized spacial score (nSPS) is 14.1. The molecule has 0 saturated carbocycles. The Bertz CT molecular complexity index is 546. The van der Waals surface area contributed by atoms with Crippen LogP contribution in [-0.4, -0.2) is 11.0 Å². The summed E-state index contributed by atoms with van der Waals surface area (Å²) < 4.78 is 42.9. The van der Waals surface area contributed by atoms with Crippen LogP contribution in [0.2, 0.25) is 0 Å². The summed E-state index contributed by atoms with van der Waals surface area (Å²) in [7, 11) is 0. The van der Waals surface area contributed by atoms with Crippen molar-refractivity contribution in [2.24, 2.45) is 5.73 Å². The monoisotopic (exact) mass is 258 g/mol. The second-order valence-electron chi connectivity index (χ2n) is 4.30. The first-order valence-electron chi connectivity index (χ1n) is 5.58. The Morgan fingerprint density at radius 3 is 2.72 bits per heavy atom. The number of rotatable bonds is 3. The van der Waals surface area contributed by atoms with Crippen LogP contribution < -0.4 is 5.73 Å². The zero-order valence-corrected chi connectivity index (χ0v) is 9.79. The van der Waals surface area contributed by atoms with Crippen molar-refractivity contribution in [3.63, 3.8) is 0 Å². The first-order valence-corrected chi connectivity index (χ1v) is 5.58. The van der Waals surface area contributed by atoms with Gasteiger partial charge < -0.3 is 10.2 Å². The number of hydrogen-bond donors (Lipinski definition) is 1. The largest absolute Gasteiger partial charge is 0.441 e. The van der Waals surface area contributed by atoms with Gasteiger partial charge in [0.1, 0.15) is 5.52 Å². The second kappa shape index (κ2) is 4.61. The van der Waals surface area contributed by atoms with Gasteiger partial charge in [0.05, 0.1) is 5.56 Å². The topological polar surface area (TPSA) is 52.0 Å². The first-order chi connectivity index (χ1) is 8.36. The molecule has 0 saturated heterocycles. The number of nitrogens with zero attached hydrogens (tertiary/aromatic N) is 1. The molecule has 0 aliphatic rings. The molecule has 3 nitrogen and oxygen atoms in total. The van der Waals surface area contributed by atoms with Crippen LogP contribution >= 0.6 is 0 Å². The number of aryl methyl sites for hydroxylation is 1. The van der Waals surface area contributed by atoms with Crippen molar-refractivity contribution in [3.8, 4) is 0 Å². The van der Waals surface area contributed by atoms with Gasteiger partial charge in [0.25, 0.3) is 0 Å². The molecular formula is C12H13F3N2O. The molecule has 2 rings (SSSR count). The summed E-state index contributed by atoms with van der Waals surface area (Å²) in [5.74, 6) is 0.418. The molecule has 1 aromatic heterocycles. The number of alkyl halides is 3. The Labute approximate surface area is 102 Å². The van der Waals surface area contributed by atoms with E-state index in [1.54, 1.807) is 0 Å². The van der Waals surface area contributed by atoms with E-state index in [-0.39, 0.29) is 11.6 Å². The van der Waals surface area contributed by atoms with Gasteiger partial charge in [0.2, 0.25) is 0 Å². The standard InChI is InChI=1S/C12H13F3N2O/c1-7(16)2-5-11-17-9-6-8(12(13,14)15)3-4-10(9)18-11/h3-4,6-7H,2,5,16H2,1H3. The average Bonchev–Trinajstić information content (AvgIpc) is 2.66. The summed E-state index contributed by atoms with van der Waals surface area (Å²) in [4.78, 5) is 4.04. The van der Waals surface area contributed by atoms with E-state index < -0.39 is 11.7 Å². The van der Waals surface area contributed by atoms with Gasteiger partial charge in [-0.25, -0.2) is 4.98 Å². The summed E-state index contributed by atoms with van der Waals surface area (Å²) in [5.41, 5.74) is 5.47. The van der Waals surface area contributed by atoms with Gasteiger partial charge in [0, 0.05) is 12.5 Å². The summed E-state index contributed by atoms with van der Waals surface area (Å²) in [5, 5.41) is 0. The van der Waals surface area contributed by atoms with Crippen LogP contribution in [0.3, 0.4) is 0 Å². The van der Waals surface area contributed by atoms with Crippen molar-refractivity contribution in [2.75, 3.05) is 0 Å². The summed E-state index contributed by atoms with van der Waals surface area (Å²) in [6.45, 7) is 1.85. The fourth-order valence-electron chi connectivity index (χ4n) is 1.61. The molecule has 0 radical (unpaired) electrons. The maximum absolute atomic E-state index is 12.5. The zero-order chi connectivity index (χ0) is 13.3. The molecule has 0 amide bonds. The molecule has 1 atom stereocenters. The minimum atomic E-state index is -4.36. The highest BCUT2D eigenvalue weighted by atomic mass is 19.4. The lowest BCUT2D eigenvalue weighted by Crippen LogP contribution is -2.15. The molecular weight excluding hydrogens is 245 g/mol. The minimum Gasteiger partial charge on any atom is -0.441 e. The van der Waals surface area contributed by atoms with Gasteiger partial charge in [-0.05, 0) is 31.5 Å². The van der Waals surface area contributed by atoms with Crippen molar-refractivity contribution in [3.05, 3.63) is 29.7 Å². The lowest BCUT2D eigenvalue weighted by Gasteiger charge is -2.04. The quantitative estimate of drug-likeness (QED) is 0.920. The van der Waals surface area contributed by atoms with E-state index in [4.69, 9.17) is 10.2 Å². The van der Waals surface area contributed by atoms with Crippen LogP contribution in [0.25, 0.3) is 11.1 Å². The maximum atomic E-state index is 12.5.